The molecule has 7 nitrogen and oxygen atoms in total. The van der Waals surface area contributed by atoms with Gasteiger partial charge in [-0.05, 0) is 36.4 Å². The fraction of sp³-hybridized carbons (Fsp3) is 0.188. The Labute approximate surface area is 139 Å². The van der Waals surface area contributed by atoms with Gasteiger partial charge < -0.3 is 9.47 Å². The maximum absolute atomic E-state index is 12.5. The largest absolute Gasteiger partial charge is 0.491 e. The summed E-state index contributed by atoms with van der Waals surface area (Å²) in [5.41, 5.74) is 1.23. The second-order valence-electron chi connectivity index (χ2n) is 5.05. The maximum atomic E-state index is 12.5. The minimum atomic E-state index is -3.70. The highest BCUT2D eigenvalue weighted by Crippen LogP contribution is 2.25. The van der Waals surface area contributed by atoms with Gasteiger partial charge in [0.1, 0.15) is 12.4 Å². The number of ether oxygens (including phenoxy) is 2. The second-order valence-corrected chi connectivity index (χ2v) is 6.74. The van der Waals surface area contributed by atoms with Crippen LogP contribution in [0.25, 0.3) is 10.9 Å². The summed E-state index contributed by atoms with van der Waals surface area (Å²) in [4.78, 5) is 0.155. The molecule has 0 fully saturated rings. The summed E-state index contributed by atoms with van der Waals surface area (Å²) in [7, 11) is -2.11. The first kappa shape index (κ1) is 16.3. The lowest BCUT2D eigenvalue weighted by atomic mass is 10.2. The minimum Gasteiger partial charge on any atom is -0.491 e. The summed E-state index contributed by atoms with van der Waals surface area (Å²) < 4.78 is 38.0. The number of aromatic amines is 1. The lowest BCUT2D eigenvalue weighted by molar-refractivity contribution is 0.146. The van der Waals surface area contributed by atoms with Crippen molar-refractivity contribution < 1.29 is 17.9 Å². The van der Waals surface area contributed by atoms with Gasteiger partial charge in [0, 0.05) is 12.5 Å². The van der Waals surface area contributed by atoms with Crippen LogP contribution < -0.4 is 9.46 Å². The van der Waals surface area contributed by atoms with Gasteiger partial charge in [0.25, 0.3) is 10.0 Å². The van der Waals surface area contributed by atoms with E-state index in [1.807, 2.05) is 6.07 Å². The van der Waals surface area contributed by atoms with Gasteiger partial charge in [-0.25, -0.2) is 8.42 Å². The Bertz CT molecular complexity index is 920. The molecule has 3 rings (SSSR count). The first-order valence-electron chi connectivity index (χ1n) is 7.27. The lowest BCUT2D eigenvalue weighted by Crippen LogP contribution is -2.13. The average Bonchev–Trinajstić information content (AvgIpc) is 3.05. The van der Waals surface area contributed by atoms with Crippen molar-refractivity contribution in [2.24, 2.45) is 0 Å². The van der Waals surface area contributed by atoms with Crippen molar-refractivity contribution in [3.05, 3.63) is 48.7 Å². The van der Waals surface area contributed by atoms with Crippen LogP contribution >= 0.6 is 0 Å². The normalized spacial score (nSPS) is 11.5. The molecular formula is C16H17N3O4S. The molecule has 8 heteroatoms. The number of benzene rings is 2. The molecule has 126 valence electrons. The SMILES string of the molecule is COCCOc1ccc(S(=O)(=O)Nc2cccc3[nH]ncc23)cc1. The number of hydrogen-bond acceptors (Lipinski definition) is 5. The third-order valence-electron chi connectivity index (χ3n) is 3.42. The van der Waals surface area contributed by atoms with E-state index in [9.17, 15) is 8.42 Å². The van der Waals surface area contributed by atoms with Gasteiger partial charge in [-0.2, -0.15) is 5.10 Å². The van der Waals surface area contributed by atoms with E-state index in [2.05, 4.69) is 14.9 Å². The highest BCUT2D eigenvalue weighted by molar-refractivity contribution is 7.92. The number of rotatable bonds is 7. The van der Waals surface area contributed by atoms with Crippen LogP contribution in [0.3, 0.4) is 0 Å². The van der Waals surface area contributed by atoms with Crippen molar-refractivity contribution in [1.29, 1.82) is 0 Å². The first-order chi connectivity index (χ1) is 11.6. The van der Waals surface area contributed by atoms with Crippen molar-refractivity contribution in [2.75, 3.05) is 25.0 Å². The van der Waals surface area contributed by atoms with Crippen molar-refractivity contribution in [2.45, 2.75) is 4.90 Å². The molecule has 2 N–H and O–H groups in total. The predicted molar refractivity (Wildman–Crippen MR) is 90.7 cm³/mol. The molecule has 1 heterocycles. The van der Waals surface area contributed by atoms with Gasteiger partial charge in [-0.3, -0.25) is 9.82 Å². The summed E-state index contributed by atoms with van der Waals surface area (Å²) in [6, 6.07) is 11.5. The summed E-state index contributed by atoms with van der Waals surface area (Å²) in [5, 5.41) is 7.44. The van der Waals surface area contributed by atoms with Crippen LogP contribution in [0.5, 0.6) is 5.75 Å². The second kappa shape index (κ2) is 6.90. The molecule has 3 aromatic rings. The molecule has 2 aromatic carbocycles. The zero-order valence-electron chi connectivity index (χ0n) is 13.0. The highest BCUT2D eigenvalue weighted by atomic mass is 32.2. The first-order valence-corrected chi connectivity index (χ1v) is 8.75. The smallest absolute Gasteiger partial charge is 0.261 e. The van der Waals surface area contributed by atoms with Crippen LogP contribution in [0.4, 0.5) is 5.69 Å². The molecule has 0 aliphatic carbocycles. The average molecular weight is 347 g/mol. The van der Waals surface area contributed by atoms with E-state index in [4.69, 9.17) is 9.47 Å². The third-order valence-corrected chi connectivity index (χ3v) is 4.80. The number of fused-ring (bicyclic) bond motifs is 1. The Morgan fingerprint density at radius 1 is 1.12 bits per heavy atom. The predicted octanol–water partition coefficient (Wildman–Crippen LogP) is 2.39. The number of anilines is 1. The molecule has 0 amide bonds. The van der Waals surface area contributed by atoms with Gasteiger partial charge in [0.2, 0.25) is 0 Å². The van der Waals surface area contributed by atoms with E-state index in [-0.39, 0.29) is 4.90 Å². The van der Waals surface area contributed by atoms with Crippen molar-refractivity contribution in [3.63, 3.8) is 0 Å². The Morgan fingerprint density at radius 3 is 2.67 bits per heavy atom. The number of aromatic nitrogens is 2. The summed E-state index contributed by atoms with van der Waals surface area (Å²) >= 11 is 0. The zero-order chi connectivity index (χ0) is 17.0. The van der Waals surface area contributed by atoms with Crippen LogP contribution in [-0.2, 0) is 14.8 Å². The van der Waals surface area contributed by atoms with Gasteiger partial charge >= 0.3 is 0 Å². The van der Waals surface area contributed by atoms with E-state index in [0.29, 0.717) is 30.0 Å². The molecule has 0 unspecified atom stereocenters. The quantitative estimate of drug-likeness (QED) is 0.640. The number of hydrogen-bond donors (Lipinski definition) is 2. The van der Waals surface area contributed by atoms with Crippen LogP contribution in [0, 0.1) is 0 Å². The Kier molecular flexibility index (Phi) is 4.68. The van der Waals surface area contributed by atoms with Gasteiger partial charge in [0.15, 0.2) is 0 Å². The monoisotopic (exact) mass is 347 g/mol. The van der Waals surface area contributed by atoms with Gasteiger partial charge in [-0.1, -0.05) is 6.07 Å². The molecule has 0 saturated carbocycles. The maximum Gasteiger partial charge on any atom is 0.261 e. The summed E-state index contributed by atoms with van der Waals surface area (Å²) in [5.74, 6) is 0.586. The molecule has 0 aliphatic heterocycles. The zero-order valence-corrected chi connectivity index (χ0v) is 13.8. The van der Waals surface area contributed by atoms with E-state index < -0.39 is 10.0 Å². The van der Waals surface area contributed by atoms with Gasteiger partial charge in [-0.15, -0.1) is 0 Å². The highest BCUT2D eigenvalue weighted by Gasteiger charge is 2.16. The summed E-state index contributed by atoms with van der Waals surface area (Å²) in [6.07, 6.45) is 1.58. The van der Waals surface area contributed by atoms with E-state index in [1.165, 1.54) is 12.1 Å². The van der Waals surface area contributed by atoms with Crippen LogP contribution in [0.1, 0.15) is 0 Å². The molecule has 1 aromatic heterocycles. The minimum absolute atomic E-state index is 0.155. The third kappa shape index (κ3) is 3.50. The van der Waals surface area contributed by atoms with Crippen molar-refractivity contribution >= 4 is 26.6 Å². The van der Waals surface area contributed by atoms with Gasteiger partial charge in [0.05, 0.1) is 28.9 Å². The summed E-state index contributed by atoms with van der Waals surface area (Å²) in [6.45, 7) is 0.875. The molecule has 24 heavy (non-hydrogen) atoms. The van der Waals surface area contributed by atoms with E-state index in [0.717, 1.165) is 5.52 Å². The van der Waals surface area contributed by atoms with Crippen LogP contribution in [0.2, 0.25) is 0 Å². The van der Waals surface area contributed by atoms with E-state index in [1.54, 1.807) is 37.6 Å². The van der Waals surface area contributed by atoms with E-state index >= 15 is 0 Å². The Morgan fingerprint density at radius 2 is 1.92 bits per heavy atom. The van der Waals surface area contributed by atoms with Crippen molar-refractivity contribution in [1.82, 2.24) is 10.2 Å². The topological polar surface area (TPSA) is 93.3 Å². The lowest BCUT2D eigenvalue weighted by Gasteiger charge is -2.10. The number of H-pyrrole nitrogens is 1. The van der Waals surface area contributed by atoms with Crippen molar-refractivity contribution in [3.8, 4) is 5.75 Å². The molecule has 0 aliphatic rings. The molecule has 0 atom stereocenters. The number of sulfonamides is 1. The Balaban J connectivity index is 1.79. The standard InChI is InChI=1S/C16H17N3O4S/c1-22-9-10-23-12-5-7-13(8-6-12)24(20,21)19-16-4-2-3-15-14(16)11-17-18-15/h2-8,11,19H,9-10H2,1H3,(H,17,18). The Hall–Kier alpha value is -2.58. The van der Waals surface area contributed by atoms with Crippen LogP contribution in [-0.4, -0.2) is 38.9 Å². The molecule has 0 saturated heterocycles. The molecule has 0 bridgehead atoms. The number of nitrogens with zero attached hydrogens (tertiary/aromatic N) is 1. The molecule has 0 radical (unpaired) electrons. The fourth-order valence-corrected chi connectivity index (χ4v) is 3.30. The number of methoxy groups -OCH3 is 1. The number of nitrogens with one attached hydrogen (secondary N) is 2. The molecular weight excluding hydrogens is 330 g/mol. The fourth-order valence-electron chi connectivity index (χ4n) is 2.22. The molecule has 0 spiro atoms. The van der Waals surface area contributed by atoms with Crippen LogP contribution in [0.15, 0.2) is 53.6 Å².